The van der Waals surface area contributed by atoms with Crippen molar-refractivity contribution in [2.75, 3.05) is 26.2 Å². The summed E-state index contributed by atoms with van der Waals surface area (Å²) in [6.07, 6.45) is 0.939. The van der Waals surface area contributed by atoms with Gasteiger partial charge in [-0.3, -0.25) is 4.90 Å². The summed E-state index contributed by atoms with van der Waals surface area (Å²) in [5.41, 5.74) is 2.12. The summed E-state index contributed by atoms with van der Waals surface area (Å²) in [5, 5.41) is 13.8. The summed E-state index contributed by atoms with van der Waals surface area (Å²) in [4.78, 5) is 2.33. The molecule has 4 heteroatoms. The van der Waals surface area contributed by atoms with Crippen molar-refractivity contribution in [1.82, 2.24) is 10.2 Å². The van der Waals surface area contributed by atoms with E-state index >= 15 is 0 Å². The zero-order valence-corrected chi connectivity index (χ0v) is 10.9. The molecule has 1 aliphatic heterocycles. The minimum Gasteiger partial charge on any atom is -0.506 e. The van der Waals surface area contributed by atoms with Crippen molar-refractivity contribution in [2.45, 2.75) is 19.9 Å². The lowest BCUT2D eigenvalue weighted by atomic mass is 10.1. The molecule has 1 aliphatic rings. The number of hydrogen-bond acceptors (Lipinski definition) is 3. The standard InChI is InChI=1S/C13H19ClN2O/c1-2-10-7-11(13(17)12(14)8-10)9-16-5-3-15-4-6-16/h7-8,15,17H,2-6,9H2,1H3. The van der Waals surface area contributed by atoms with Crippen molar-refractivity contribution in [1.29, 1.82) is 0 Å². The Labute approximate surface area is 107 Å². The number of aryl methyl sites for hydroxylation is 1. The van der Waals surface area contributed by atoms with Crippen LogP contribution in [-0.2, 0) is 13.0 Å². The Bertz CT molecular complexity index is 389. The van der Waals surface area contributed by atoms with Crippen LogP contribution in [0.1, 0.15) is 18.1 Å². The van der Waals surface area contributed by atoms with E-state index in [1.165, 1.54) is 5.56 Å². The van der Waals surface area contributed by atoms with E-state index in [2.05, 4.69) is 23.2 Å². The van der Waals surface area contributed by atoms with E-state index in [-0.39, 0.29) is 5.75 Å². The highest BCUT2D eigenvalue weighted by atomic mass is 35.5. The second-order valence-corrected chi connectivity index (χ2v) is 4.87. The molecule has 2 rings (SSSR count). The molecule has 0 amide bonds. The zero-order chi connectivity index (χ0) is 12.3. The van der Waals surface area contributed by atoms with Crippen molar-refractivity contribution in [3.63, 3.8) is 0 Å². The second kappa shape index (κ2) is 5.71. The molecular weight excluding hydrogens is 236 g/mol. The van der Waals surface area contributed by atoms with Crippen LogP contribution in [0.5, 0.6) is 5.75 Å². The highest BCUT2D eigenvalue weighted by Gasteiger charge is 2.14. The quantitative estimate of drug-likeness (QED) is 0.866. The largest absolute Gasteiger partial charge is 0.506 e. The number of halogens is 1. The monoisotopic (exact) mass is 254 g/mol. The average Bonchev–Trinajstić information content (AvgIpc) is 2.36. The van der Waals surface area contributed by atoms with Gasteiger partial charge in [0.25, 0.3) is 0 Å². The fourth-order valence-corrected chi connectivity index (χ4v) is 2.41. The predicted molar refractivity (Wildman–Crippen MR) is 70.6 cm³/mol. The third-order valence-corrected chi connectivity index (χ3v) is 3.50. The van der Waals surface area contributed by atoms with E-state index in [1.54, 1.807) is 0 Å². The van der Waals surface area contributed by atoms with Crippen LogP contribution in [0.15, 0.2) is 12.1 Å². The van der Waals surface area contributed by atoms with E-state index < -0.39 is 0 Å². The third-order valence-electron chi connectivity index (χ3n) is 3.21. The Hall–Kier alpha value is -0.770. The molecule has 0 radical (unpaired) electrons. The second-order valence-electron chi connectivity index (χ2n) is 4.47. The van der Waals surface area contributed by atoms with Gasteiger partial charge in [0.1, 0.15) is 5.75 Å². The summed E-state index contributed by atoms with van der Waals surface area (Å²) in [7, 11) is 0. The summed E-state index contributed by atoms with van der Waals surface area (Å²) in [5.74, 6) is 0.238. The summed E-state index contributed by atoms with van der Waals surface area (Å²) >= 11 is 6.03. The van der Waals surface area contributed by atoms with Gasteiger partial charge in [-0.1, -0.05) is 24.6 Å². The molecule has 0 aromatic heterocycles. The Morgan fingerprint density at radius 1 is 1.35 bits per heavy atom. The number of benzene rings is 1. The maximum Gasteiger partial charge on any atom is 0.138 e. The number of rotatable bonds is 3. The normalized spacial score (nSPS) is 17.3. The Morgan fingerprint density at radius 3 is 2.71 bits per heavy atom. The Morgan fingerprint density at radius 2 is 2.06 bits per heavy atom. The van der Waals surface area contributed by atoms with Crippen LogP contribution in [0.4, 0.5) is 0 Å². The smallest absolute Gasteiger partial charge is 0.138 e. The molecular formula is C13H19ClN2O. The molecule has 17 heavy (non-hydrogen) atoms. The van der Waals surface area contributed by atoms with Crippen LogP contribution in [0.3, 0.4) is 0 Å². The van der Waals surface area contributed by atoms with Crippen molar-refractivity contribution < 1.29 is 5.11 Å². The summed E-state index contributed by atoms with van der Waals surface area (Å²) in [6, 6.07) is 3.90. The molecule has 1 fully saturated rings. The molecule has 3 nitrogen and oxygen atoms in total. The van der Waals surface area contributed by atoms with E-state index in [4.69, 9.17) is 11.6 Å². The number of nitrogens with one attached hydrogen (secondary N) is 1. The van der Waals surface area contributed by atoms with Crippen LogP contribution in [-0.4, -0.2) is 36.2 Å². The Balaban J connectivity index is 2.15. The molecule has 2 N–H and O–H groups in total. The van der Waals surface area contributed by atoms with Gasteiger partial charge in [-0.25, -0.2) is 0 Å². The molecule has 0 saturated carbocycles. The number of hydrogen-bond donors (Lipinski definition) is 2. The van der Waals surface area contributed by atoms with Crippen LogP contribution < -0.4 is 5.32 Å². The highest BCUT2D eigenvalue weighted by molar-refractivity contribution is 6.32. The topological polar surface area (TPSA) is 35.5 Å². The molecule has 0 atom stereocenters. The van der Waals surface area contributed by atoms with Gasteiger partial charge in [0, 0.05) is 38.3 Å². The first-order chi connectivity index (χ1) is 8.20. The van der Waals surface area contributed by atoms with Crippen molar-refractivity contribution in [3.8, 4) is 5.75 Å². The van der Waals surface area contributed by atoms with Gasteiger partial charge >= 0.3 is 0 Å². The molecule has 1 saturated heterocycles. The molecule has 0 aliphatic carbocycles. The van der Waals surface area contributed by atoms with Crippen LogP contribution in [0, 0.1) is 0 Å². The van der Waals surface area contributed by atoms with E-state index in [1.807, 2.05) is 6.07 Å². The first-order valence-corrected chi connectivity index (χ1v) is 6.52. The van der Waals surface area contributed by atoms with Gasteiger partial charge < -0.3 is 10.4 Å². The van der Waals surface area contributed by atoms with Crippen molar-refractivity contribution in [3.05, 3.63) is 28.3 Å². The molecule has 1 heterocycles. The molecule has 1 aromatic carbocycles. The van der Waals surface area contributed by atoms with Crippen LogP contribution >= 0.6 is 11.6 Å². The van der Waals surface area contributed by atoms with E-state index in [9.17, 15) is 5.11 Å². The van der Waals surface area contributed by atoms with Crippen molar-refractivity contribution in [2.24, 2.45) is 0 Å². The number of phenolic OH excluding ortho intramolecular Hbond substituents is 1. The maximum atomic E-state index is 9.97. The number of piperazine rings is 1. The Kier molecular flexibility index (Phi) is 4.26. The van der Waals surface area contributed by atoms with Gasteiger partial charge in [0.2, 0.25) is 0 Å². The van der Waals surface area contributed by atoms with Gasteiger partial charge in [-0.2, -0.15) is 0 Å². The van der Waals surface area contributed by atoms with Gasteiger partial charge in [0.05, 0.1) is 5.02 Å². The van der Waals surface area contributed by atoms with E-state index in [0.717, 1.165) is 44.7 Å². The minimum absolute atomic E-state index is 0.238. The molecule has 0 spiro atoms. The van der Waals surface area contributed by atoms with Gasteiger partial charge in [-0.05, 0) is 18.1 Å². The number of phenols is 1. The predicted octanol–water partition coefficient (Wildman–Crippen LogP) is 2.01. The average molecular weight is 255 g/mol. The fraction of sp³-hybridized carbons (Fsp3) is 0.538. The molecule has 94 valence electrons. The molecule has 0 bridgehead atoms. The maximum absolute atomic E-state index is 9.97. The van der Waals surface area contributed by atoms with Crippen LogP contribution in [0.2, 0.25) is 5.02 Å². The lowest BCUT2D eigenvalue weighted by molar-refractivity contribution is 0.230. The van der Waals surface area contributed by atoms with Crippen LogP contribution in [0.25, 0.3) is 0 Å². The fourth-order valence-electron chi connectivity index (χ4n) is 2.15. The number of nitrogens with zero attached hydrogens (tertiary/aromatic N) is 1. The van der Waals surface area contributed by atoms with Gasteiger partial charge in [-0.15, -0.1) is 0 Å². The first-order valence-electron chi connectivity index (χ1n) is 6.14. The third kappa shape index (κ3) is 3.12. The van der Waals surface area contributed by atoms with Gasteiger partial charge in [0.15, 0.2) is 0 Å². The lowest BCUT2D eigenvalue weighted by Gasteiger charge is -2.27. The van der Waals surface area contributed by atoms with E-state index in [0.29, 0.717) is 5.02 Å². The highest BCUT2D eigenvalue weighted by Crippen LogP contribution is 2.30. The SMILES string of the molecule is CCc1cc(Cl)c(O)c(CN2CCNCC2)c1. The molecule has 0 unspecified atom stereocenters. The molecule has 1 aromatic rings. The zero-order valence-electron chi connectivity index (χ0n) is 10.2. The first kappa shape index (κ1) is 12.7. The van der Waals surface area contributed by atoms with Crippen molar-refractivity contribution >= 4 is 11.6 Å². The lowest BCUT2D eigenvalue weighted by Crippen LogP contribution is -2.42. The summed E-state index contributed by atoms with van der Waals surface area (Å²) in [6.45, 7) is 6.95. The summed E-state index contributed by atoms with van der Waals surface area (Å²) < 4.78 is 0. The minimum atomic E-state index is 0.238. The number of aromatic hydroxyl groups is 1.